The van der Waals surface area contributed by atoms with Crippen molar-refractivity contribution in [2.24, 2.45) is 0 Å². The monoisotopic (exact) mass is 252 g/mol. The molecule has 0 aliphatic carbocycles. The van der Waals surface area contributed by atoms with Gasteiger partial charge in [0.05, 0.1) is 25.5 Å². The summed E-state index contributed by atoms with van der Waals surface area (Å²) in [4.78, 5) is 2.45. The molecule has 0 aromatic carbocycles. The largest absolute Gasteiger partial charge is 0.468 e. The average molecular weight is 252 g/mol. The minimum absolute atomic E-state index is 0.316. The number of rotatable bonds is 6. The Morgan fingerprint density at radius 1 is 1.39 bits per heavy atom. The van der Waals surface area contributed by atoms with Crippen LogP contribution < -0.4 is 5.32 Å². The SMILES string of the molecule is CCC(NC(C)CN1CCOCC1)c1ccco1. The lowest BCUT2D eigenvalue weighted by Crippen LogP contribution is -2.45. The second kappa shape index (κ2) is 6.92. The van der Waals surface area contributed by atoms with Crippen LogP contribution in [0.5, 0.6) is 0 Å². The summed E-state index contributed by atoms with van der Waals surface area (Å²) in [5, 5.41) is 3.64. The summed E-state index contributed by atoms with van der Waals surface area (Å²) in [6, 6.07) is 4.77. The predicted molar refractivity (Wildman–Crippen MR) is 71.6 cm³/mol. The molecule has 1 aromatic heterocycles. The van der Waals surface area contributed by atoms with Gasteiger partial charge in [0.2, 0.25) is 0 Å². The summed E-state index contributed by atoms with van der Waals surface area (Å²) in [6.07, 6.45) is 2.78. The molecule has 2 heterocycles. The molecule has 2 unspecified atom stereocenters. The van der Waals surface area contributed by atoms with Crippen LogP contribution >= 0.6 is 0 Å². The van der Waals surface area contributed by atoms with Gasteiger partial charge in [0.15, 0.2) is 0 Å². The molecule has 4 nitrogen and oxygen atoms in total. The highest BCUT2D eigenvalue weighted by Gasteiger charge is 2.18. The fraction of sp³-hybridized carbons (Fsp3) is 0.714. The van der Waals surface area contributed by atoms with E-state index in [1.807, 2.05) is 12.1 Å². The zero-order valence-electron chi connectivity index (χ0n) is 11.4. The standard InChI is InChI=1S/C14H24N2O2/c1-3-13(14-5-4-8-18-14)15-12(2)11-16-6-9-17-10-7-16/h4-5,8,12-13,15H,3,6-7,9-11H2,1-2H3. The summed E-state index contributed by atoms with van der Waals surface area (Å²) in [7, 11) is 0. The van der Waals surface area contributed by atoms with E-state index in [9.17, 15) is 0 Å². The van der Waals surface area contributed by atoms with Crippen LogP contribution in [0.25, 0.3) is 0 Å². The first-order chi connectivity index (χ1) is 8.79. The molecule has 1 saturated heterocycles. The van der Waals surface area contributed by atoms with E-state index in [4.69, 9.17) is 9.15 Å². The van der Waals surface area contributed by atoms with E-state index in [1.165, 1.54) is 0 Å². The van der Waals surface area contributed by atoms with E-state index in [2.05, 4.69) is 24.1 Å². The van der Waals surface area contributed by atoms with Gasteiger partial charge in [0.25, 0.3) is 0 Å². The first-order valence-electron chi connectivity index (χ1n) is 6.89. The van der Waals surface area contributed by atoms with Gasteiger partial charge in [-0.25, -0.2) is 0 Å². The highest BCUT2D eigenvalue weighted by Crippen LogP contribution is 2.17. The second-order valence-electron chi connectivity index (χ2n) is 4.96. The number of furan rings is 1. The molecule has 1 aliphatic rings. The second-order valence-corrected chi connectivity index (χ2v) is 4.96. The van der Waals surface area contributed by atoms with Crippen molar-refractivity contribution in [1.29, 1.82) is 0 Å². The van der Waals surface area contributed by atoms with Crippen molar-refractivity contribution >= 4 is 0 Å². The van der Waals surface area contributed by atoms with E-state index < -0.39 is 0 Å². The molecule has 4 heteroatoms. The minimum atomic E-state index is 0.316. The van der Waals surface area contributed by atoms with Gasteiger partial charge >= 0.3 is 0 Å². The number of hydrogen-bond acceptors (Lipinski definition) is 4. The van der Waals surface area contributed by atoms with Gasteiger partial charge in [-0.15, -0.1) is 0 Å². The van der Waals surface area contributed by atoms with E-state index in [0.29, 0.717) is 12.1 Å². The zero-order valence-corrected chi connectivity index (χ0v) is 11.4. The van der Waals surface area contributed by atoms with Crippen molar-refractivity contribution in [3.8, 4) is 0 Å². The van der Waals surface area contributed by atoms with Crippen molar-refractivity contribution in [2.45, 2.75) is 32.4 Å². The molecule has 1 aromatic rings. The Kier molecular flexibility index (Phi) is 5.23. The Bertz CT molecular complexity index is 321. The highest BCUT2D eigenvalue weighted by molar-refractivity contribution is 5.04. The Hall–Kier alpha value is -0.840. The third-order valence-electron chi connectivity index (χ3n) is 3.42. The van der Waals surface area contributed by atoms with Gasteiger partial charge in [0.1, 0.15) is 5.76 Å². The Balaban J connectivity index is 1.79. The summed E-state index contributed by atoms with van der Waals surface area (Å²) in [6.45, 7) is 9.31. The average Bonchev–Trinajstić information content (AvgIpc) is 2.91. The summed E-state index contributed by atoms with van der Waals surface area (Å²) < 4.78 is 10.8. The number of morpholine rings is 1. The fourth-order valence-corrected chi connectivity index (χ4v) is 2.46. The Morgan fingerprint density at radius 2 is 2.17 bits per heavy atom. The Labute approximate surface area is 109 Å². The maximum Gasteiger partial charge on any atom is 0.120 e. The molecule has 0 spiro atoms. The lowest BCUT2D eigenvalue weighted by molar-refractivity contribution is 0.0336. The topological polar surface area (TPSA) is 37.6 Å². The van der Waals surface area contributed by atoms with Crippen molar-refractivity contribution in [3.05, 3.63) is 24.2 Å². The van der Waals surface area contributed by atoms with Crippen molar-refractivity contribution < 1.29 is 9.15 Å². The number of hydrogen-bond donors (Lipinski definition) is 1. The van der Waals surface area contributed by atoms with Gasteiger partial charge < -0.3 is 14.5 Å². The molecule has 1 fully saturated rings. The summed E-state index contributed by atoms with van der Waals surface area (Å²) >= 11 is 0. The molecule has 0 saturated carbocycles. The van der Waals surface area contributed by atoms with Gasteiger partial charge in [-0.1, -0.05) is 6.92 Å². The van der Waals surface area contributed by atoms with Gasteiger partial charge in [-0.2, -0.15) is 0 Å². The smallest absolute Gasteiger partial charge is 0.120 e. The number of nitrogens with one attached hydrogen (secondary N) is 1. The van der Waals surface area contributed by atoms with Crippen LogP contribution in [-0.4, -0.2) is 43.8 Å². The third kappa shape index (κ3) is 3.83. The molecular weight excluding hydrogens is 228 g/mol. The lowest BCUT2D eigenvalue weighted by atomic mass is 10.1. The molecule has 2 rings (SSSR count). The van der Waals surface area contributed by atoms with Crippen molar-refractivity contribution in [3.63, 3.8) is 0 Å². The molecule has 102 valence electrons. The summed E-state index contributed by atoms with van der Waals surface area (Å²) in [5.41, 5.74) is 0. The van der Waals surface area contributed by atoms with Crippen molar-refractivity contribution in [2.75, 3.05) is 32.8 Å². The molecule has 0 radical (unpaired) electrons. The van der Waals surface area contributed by atoms with Crippen LogP contribution in [0.15, 0.2) is 22.8 Å². The van der Waals surface area contributed by atoms with Crippen LogP contribution in [0, 0.1) is 0 Å². The maximum absolute atomic E-state index is 5.48. The lowest BCUT2D eigenvalue weighted by Gasteiger charge is -2.30. The zero-order chi connectivity index (χ0) is 12.8. The molecule has 1 aliphatic heterocycles. The number of ether oxygens (including phenoxy) is 1. The van der Waals surface area contributed by atoms with Gasteiger partial charge in [0, 0.05) is 25.7 Å². The highest BCUT2D eigenvalue weighted by atomic mass is 16.5. The third-order valence-corrected chi connectivity index (χ3v) is 3.42. The van der Waals surface area contributed by atoms with Crippen molar-refractivity contribution in [1.82, 2.24) is 10.2 Å². The van der Waals surface area contributed by atoms with Gasteiger partial charge in [-0.3, -0.25) is 4.90 Å². The molecule has 1 N–H and O–H groups in total. The van der Waals surface area contributed by atoms with E-state index >= 15 is 0 Å². The molecule has 0 bridgehead atoms. The van der Waals surface area contributed by atoms with Crippen LogP contribution in [0.3, 0.4) is 0 Å². The van der Waals surface area contributed by atoms with Crippen LogP contribution in [-0.2, 0) is 4.74 Å². The van der Waals surface area contributed by atoms with E-state index in [0.717, 1.165) is 45.0 Å². The van der Waals surface area contributed by atoms with Crippen LogP contribution in [0.1, 0.15) is 32.1 Å². The first-order valence-corrected chi connectivity index (χ1v) is 6.89. The summed E-state index contributed by atoms with van der Waals surface area (Å²) in [5.74, 6) is 1.03. The first kappa shape index (κ1) is 13.6. The molecule has 0 amide bonds. The molecule has 18 heavy (non-hydrogen) atoms. The van der Waals surface area contributed by atoms with E-state index in [1.54, 1.807) is 6.26 Å². The van der Waals surface area contributed by atoms with Crippen LogP contribution in [0.2, 0.25) is 0 Å². The minimum Gasteiger partial charge on any atom is -0.468 e. The van der Waals surface area contributed by atoms with Gasteiger partial charge in [-0.05, 0) is 25.5 Å². The fourth-order valence-electron chi connectivity index (χ4n) is 2.46. The normalized spacial score (nSPS) is 20.8. The predicted octanol–water partition coefficient (Wildman–Crippen LogP) is 2.04. The van der Waals surface area contributed by atoms with Crippen LogP contribution in [0.4, 0.5) is 0 Å². The molecular formula is C14H24N2O2. The molecule has 2 atom stereocenters. The number of nitrogens with zero attached hydrogens (tertiary/aromatic N) is 1. The van der Waals surface area contributed by atoms with E-state index in [-0.39, 0.29) is 0 Å². The quantitative estimate of drug-likeness (QED) is 0.841. The Morgan fingerprint density at radius 3 is 2.78 bits per heavy atom. The maximum atomic E-state index is 5.48.